The van der Waals surface area contributed by atoms with Crippen LogP contribution in [0.1, 0.15) is 42.8 Å². The van der Waals surface area contributed by atoms with Gasteiger partial charge in [-0.2, -0.15) is 0 Å². The highest BCUT2D eigenvalue weighted by atomic mass is 79.9. The normalized spacial score (nSPS) is 23.2. The molecule has 5 heteroatoms. The Kier molecular flexibility index (Phi) is 3.75. The highest BCUT2D eigenvalue weighted by molar-refractivity contribution is 9.09. The minimum atomic E-state index is 0.170. The van der Waals surface area contributed by atoms with Crippen molar-refractivity contribution in [3.05, 3.63) is 11.8 Å². The number of nitrogens with zero attached hydrogens (tertiary/aromatic N) is 2. The average molecular weight is 275 g/mol. The van der Waals surface area contributed by atoms with Crippen LogP contribution >= 0.6 is 15.9 Å². The van der Waals surface area contributed by atoms with Crippen molar-refractivity contribution in [1.29, 1.82) is 0 Å². The number of hydrogen-bond acceptors (Lipinski definition) is 4. The smallest absolute Gasteiger partial charge is 0.230 e. The molecule has 0 amide bonds. The number of rotatable bonds is 4. The molecule has 1 aromatic heterocycles. The zero-order valence-corrected chi connectivity index (χ0v) is 10.4. The molecule has 15 heavy (non-hydrogen) atoms. The van der Waals surface area contributed by atoms with Crippen LogP contribution in [0.4, 0.5) is 0 Å². The molecule has 0 saturated carbocycles. The monoisotopic (exact) mass is 274 g/mol. The van der Waals surface area contributed by atoms with Crippen LogP contribution in [0.5, 0.6) is 0 Å². The van der Waals surface area contributed by atoms with E-state index in [9.17, 15) is 0 Å². The third kappa shape index (κ3) is 2.78. The maximum absolute atomic E-state index is 5.55. The lowest BCUT2D eigenvalue weighted by molar-refractivity contribution is 0.105. The molecule has 1 aromatic rings. The van der Waals surface area contributed by atoms with E-state index in [1.807, 2.05) is 0 Å². The van der Waals surface area contributed by atoms with Gasteiger partial charge >= 0.3 is 0 Å². The minimum absolute atomic E-state index is 0.170. The Hall–Kier alpha value is -0.420. The predicted molar refractivity (Wildman–Crippen MR) is 58.9 cm³/mol. The third-order valence-corrected chi connectivity index (χ3v) is 3.57. The van der Waals surface area contributed by atoms with Crippen LogP contribution in [-0.4, -0.2) is 22.9 Å². The average Bonchev–Trinajstić information content (AvgIpc) is 2.88. The van der Waals surface area contributed by atoms with Gasteiger partial charge in [-0.3, -0.25) is 0 Å². The Balaban J connectivity index is 1.94. The second-order valence-corrected chi connectivity index (χ2v) is 4.85. The van der Waals surface area contributed by atoms with Gasteiger partial charge in [0.15, 0.2) is 0 Å². The van der Waals surface area contributed by atoms with E-state index in [0.717, 1.165) is 32.3 Å². The van der Waals surface area contributed by atoms with Gasteiger partial charge in [0.05, 0.1) is 17.4 Å². The summed E-state index contributed by atoms with van der Waals surface area (Å²) < 4.78 is 11.1. The summed E-state index contributed by atoms with van der Waals surface area (Å²) in [5.41, 5.74) is 0. The largest absolute Gasteiger partial charge is 0.424 e. The second-order valence-electron chi connectivity index (χ2n) is 3.75. The lowest BCUT2D eigenvalue weighted by Crippen LogP contribution is -2.08. The van der Waals surface area contributed by atoms with Gasteiger partial charge in [0, 0.05) is 6.61 Å². The topological polar surface area (TPSA) is 48.2 Å². The summed E-state index contributed by atoms with van der Waals surface area (Å²) >= 11 is 3.48. The summed E-state index contributed by atoms with van der Waals surface area (Å²) in [6.45, 7) is 2.94. The maximum atomic E-state index is 5.55. The number of aromatic nitrogens is 2. The minimum Gasteiger partial charge on any atom is -0.424 e. The van der Waals surface area contributed by atoms with Crippen molar-refractivity contribution >= 4 is 15.9 Å². The molecule has 2 atom stereocenters. The van der Waals surface area contributed by atoms with Gasteiger partial charge in [-0.05, 0) is 19.3 Å². The molecule has 1 aliphatic rings. The Labute approximate surface area is 97.5 Å². The van der Waals surface area contributed by atoms with E-state index in [4.69, 9.17) is 9.15 Å². The SMILES string of the molecule is CCC(Br)c1nnc(CC2CCCO2)o1. The lowest BCUT2D eigenvalue weighted by Gasteiger charge is -2.04. The van der Waals surface area contributed by atoms with Crippen molar-refractivity contribution in [3.8, 4) is 0 Å². The molecule has 84 valence electrons. The van der Waals surface area contributed by atoms with Gasteiger partial charge < -0.3 is 9.15 Å². The van der Waals surface area contributed by atoms with Crippen LogP contribution in [0.3, 0.4) is 0 Å². The Bertz CT molecular complexity index is 310. The molecule has 0 spiro atoms. The predicted octanol–water partition coefficient (Wildman–Crippen LogP) is 2.64. The summed E-state index contributed by atoms with van der Waals surface area (Å²) in [5, 5.41) is 8.03. The summed E-state index contributed by atoms with van der Waals surface area (Å²) in [6.07, 6.45) is 4.21. The van der Waals surface area contributed by atoms with Crippen LogP contribution in [0.2, 0.25) is 0 Å². The maximum Gasteiger partial charge on any atom is 0.230 e. The van der Waals surface area contributed by atoms with Crippen LogP contribution in [0, 0.1) is 0 Å². The van der Waals surface area contributed by atoms with Crippen molar-refractivity contribution in [2.24, 2.45) is 0 Å². The lowest BCUT2D eigenvalue weighted by atomic mass is 10.2. The van der Waals surface area contributed by atoms with E-state index in [2.05, 4.69) is 33.1 Å². The van der Waals surface area contributed by atoms with E-state index in [1.165, 1.54) is 0 Å². The van der Waals surface area contributed by atoms with Gasteiger partial charge in [0.1, 0.15) is 0 Å². The molecule has 2 rings (SSSR count). The first-order valence-corrected chi connectivity index (χ1v) is 6.29. The van der Waals surface area contributed by atoms with Crippen molar-refractivity contribution in [2.75, 3.05) is 6.61 Å². The van der Waals surface area contributed by atoms with E-state index >= 15 is 0 Å². The summed E-state index contributed by atoms with van der Waals surface area (Å²) in [4.78, 5) is 0.170. The van der Waals surface area contributed by atoms with Crippen molar-refractivity contribution in [1.82, 2.24) is 10.2 Å². The molecule has 0 radical (unpaired) electrons. The number of hydrogen-bond donors (Lipinski definition) is 0. The van der Waals surface area contributed by atoms with Gasteiger partial charge in [-0.1, -0.05) is 22.9 Å². The fraction of sp³-hybridized carbons (Fsp3) is 0.800. The number of halogens is 1. The van der Waals surface area contributed by atoms with Crippen LogP contribution in [-0.2, 0) is 11.2 Å². The fourth-order valence-corrected chi connectivity index (χ4v) is 1.84. The number of ether oxygens (including phenoxy) is 1. The first-order valence-electron chi connectivity index (χ1n) is 5.37. The molecule has 2 unspecified atom stereocenters. The molecular formula is C10H15BrN2O2. The highest BCUT2D eigenvalue weighted by Gasteiger charge is 2.20. The van der Waals surface area contributed by atoms with Crippen LogP contribution in [0.25, 0.3) is 0 Å². The molecule has 4 nitrogen and oxygen atoms in total. The molecule has 0 bridgehead atoms. The quantitative estimate of drug-likeness (QED) is 0.792. The molecule has 1 fully saturated rings. The van der Waals surface area contributed by atoms with Crippen molar-refractivity contribution in [3.63, 3.8) is 0 Å². The second kappa shape index (κ2) is 5.07. The zero-order valence-electron chi connectivity index (χ0n) is 8.78. The standard InChI is InChI=1S/C10H15BrN2O2/c1-2-8(11)10-13-12-9(15-10)6-7-4-3-5-14-7/h7-8H,2-6H2,1H3. The third-order valence-electron chi connectivity index (χ3n) is 2.54. The molecular weight excluding hydrogens is 260 g/mol. The van der Waals surface area contributed by atoms with E-state index < -0.39 is 0 Å². The van der Waals surface area contributed by atoms with Crippen LogP contribution < -0.4 is 0 Å². The Morgan fingerprint density at radius 2 is 2.40 bits per heavy atom. The molecule has 1 saturated heterocycles. The first-order chi connectivity index (χ1) is 7.29. The molecule has 2 heterocycles. The van der Waals surface area contributed by atoms with Gasteiger partial charge in [-0.25, -0.2) is 0 Å². The molecule has 0 aromatic carbocycles. The fourth-order valence-electron chi connectivity index (χ4n) is 1.65. The summed E-state index contributed by atoms with van der Waals surface area (Å²) in [5.74, 6) is 1.36. The van der Waals surface area contributed by atoms with Crippen LogP contribution in [0.15, 0.2) is 4.42 Å². The summed E-state index contributed by atoms with van der Waals surface area (Å²) in [7, 11) is 0. The van der Waals surface area contributed by atoms with Crippen molar-refractivity contribution < 1.29 is 9.15 Å². The molecule has 1 aliphatic heterocycles. The molecule has 0 N–H and O–H groups in total. The highest BCUT2D eigenvalue weighted by Crippen LogP contribution is 2.25. The zero-order chi connectivity index (χ0) is 10.7. The Morgan fingerprint density at radius 1 is 1.53 bits per heavy atom. The van der Waals surface area contributed by atoms with Gasteiger partial charge in [0.2, 0.25) is 11.8 Å². The van der Waals surface area contributed by atoms with E-state index in [1.54, 1.807) is 0 Å². The van der Waals surface area contributed by atoms with E-state index in [-0.39, 0.29) is 10.9 Å². The first kappa shape index (κ1) is 11.1. The van der Waals surface area contributed by atoms with Gasteiger partial charge in [-0.15, -0.1) is 10.2 Å². The van der Waals surface area contributed by atoms with E-state index in [0.29, 0.717) is 11.8 Å². The van der Waals surface area contributed by atoms with Crippen molar-refractivity contribution in [2.45, 2.75) is 43.5 Å². The number of alkyl halides is 1. The van der Waals surface area contributed by atoms with Gasteiger partial charge in [0.25, 0.3) is 0 Å². The molecule has 0 aliphatic carbocycles. The Morgan fingerprint density at radius 3 is 3.07 bits per heavy atom. The summed E-state index contributed by atoms with van der Waals surface area (Å²) in [6, 6.07) is 0.